The highest BCUT2D eigenvalue weighted by atomic mass is 35.5. The van der Waals surface area contributed by atoms with E-state index in [-0.39, 0.29) is 31.5 Å². The lowest BCUT2D eigenvalue weighted by Crippen LogP contribution is -2.40. The van der Waals surface area contributed by atoms with Crippen molar-refractivity contribution in [3.63, 3.8) is 0 Å². The predicted octanol–water partition coefficient (Wildman–Crippen LogP) is 2.50. The topological polar surface area (TPSA) is 106 Å². The van der Waals surface area contributed by atoms with Crippen LogP contribution in [0.2, 0.25) is 5.02 Å². The number of fused-ring (bicyclic) bond motifs is 2. The van der Waals surface area contributed by atoms with E-state index in [9.17, 15) is 9.59 Å². The zero-order chi connectivity index (χ0) is 22.0. The smallest absolute Gasteiger partial charge is 0.260 e. The summed E-state index contributed by atoms with van der Waals surface area (Å²) in [7, 11) is 3.05. The molecule has 2 aromatic carbocycles. The molecule has 9 nitrogen and oxygen atoms in total. The van der Waals surface area contributed by atoms with E-state index >= 15 is 0 Å². The molecule has 1 aromatic heterocycles. The maximum Gasteiger partial charge on any atom is 0.260 e. The van der Waals surface area contributed by atoms with Gasteiger partial charge < -0.3 is 25.0 Å². The highest BCUT2D eigenvalue weighted by Crippen LogP contribution is 2.35. The fourth-order valence-corrected chi connectivity index (χ4v) is 3.36. The number of rotatable bonds is 1. The van der Waals surface area contributed by atoms with E-state index in [0.29, 0.717) is 38.9 Å². The molecule has 4 rings (SSSR count). The van der Waals surface area contributed by atoms with Crippen LogP contribution in [0, 0.1) is 0 Å². The summed E-state index contributed by atoms with van der Waals surface area (Å²) in [6.07, 6.45) is 1.43. The van der Waals surface area contributed by atoms with Gasteiger partial charge in [-0.05, 0) is 23.8 Å². The molecule has 0 saturated carbocycles. The highest BCUT2D eigenvalue weighted by Gasteiger charge is 2.18. The van der Waals surface area contributed by atoms with E-state index in [1.807, 2.05) is 6.07 Å². The predicted molar refractivity (Wildman–Crippen MR) is 116 cm³/mol. The molecule has 31 heavy (non-hydrogen) atoms. The van der Waals surface area contributed by atoms with E-state index in [0.717, 1.165) is 5.56 Å². The fourth-order valence-electron chi connectivity index (χ4n) is 3.19. The van der Waals surface area contributed by atoms with Crippen molar-refractivity contribution in [1.82, 2.24) is 20.2 Å². The number of benzene rings is 2. The first-order chi connectivity index (χ1) is 14.9. The Morgan fingerprint density at radius 2 is 2.03 bits per heavy atom. The average molecular weight is 442 g/mol. The molecule has 10 heteroatoms. The summed E-state index contributed by atoms with van der Waals surface area (Å²) < 4.78 is 11.1. The molecular formula is C21H20ClN5O4. The van der Waals surface area contributed by atoms with E-state index < -0.39 is 0 Å². The molecule has 2 amide bonds. The molecule has 2 N–H and O–H groups in total. The van der Waals surface area contributed by atoms with Gasteiger partial charge in [0.2, 0.25) is 5.91 Å². The summed E-state index contributed by atoms with van der Waals surface area (Å²) in [5, 5.41) is 7.30. The van der Waals surface area contributed by atoms with Gasteiger partial charge in [0.1, 0.15) is 12.1 Å². The standard InChI is InChI=1S/C21H20ClN5O4/c1-27-9-19(28)23-8-12-3-4-13(22)5-15(12)26-21-14-6-18(31-10-20(27)29)17(30-2)7-16(14)24-11-25-21/h3-7,11H,8-10H2,1-2H3,(H,23,28)(H,24,25,26). The normalized spacial score (nSPS) is 14.7. The van der Waals surface area contributed by atoms with Crippen LogP contribution >= 0.6 is 11.6 Å². The van der Waals surface area contributed by atoms with Crippen LogP contribution in [0.5, 0.6) is 11.5 Å². The summed E-state index contributed by atoms with van der Waals surface area (Å²) in [5.41, 5.74) is 2.12. The summed E-state index contributed by atoms with van der Waals surface area (Å²) in [4.78, 5) is 34.7. The van der Waals surface area contributed by atoms with Gasteiger partial charge in [0.05, 0.1) is 19.2 Å². The van der Waals surface area contributed by atoms with Gasteiger partial charge in [-0.15, -0.1) is 0 Å². The maximum atomic E-state index is 12.4. The van der Waals surface area contributed by atoms with Crippen molar-refractivity contribution in [1.29, 1.82) is 0 Å². The van der Waals surface area contributed by atoms with Gasteiger partial charge in [-0.1, -0.05) is 17.7 Å². The second kappa shape index (κ2) is 8.65. The molecule has 0 saturated heterocycles. The van der Waals surface area contributed by atoms with E-state index in [4.69, 9.17) is 21.1 Å². The number of anilines is 2. The van der Waals surface area contributed by atoms with Crippen LogP contribution in [0.3, 0.4) is 0 Å². The van der Waals surface area contributed by atoms with Crippen molar-refractivity contribution < 1.29 is 19.1 Å². The average Bonchev–Trinajstić information content (AvgIpc) is 2.76. The lowest BCUT2D eigenvalue weighted by Gasteiger charge is -2.18. The van der Waals surface area contributed by atoms with Crippen molar-refractivity contribution in [2.45, 2.75) is 6.54 Å². The number of hydrogen-bond acceptors (Lipinski definition) is 7. The molecule has 1 aliphatic rings. The first kappa shape index (κ1) is 20.7. The summed E-state index contributed by atoms with van der Waals surface area (Å²) in [6, 6.07) is 8.75. The van der Waals surface area contributed by atoms with Crippen LogP contribution in [0.25, 0.3) is 10.9 Å². The molecule has 0 unspecified atom stereocenters. The summed E-state index contributed by atoms with van der Waals surface area (Å²) in [5.74, 6) is 0.667. The molecule has 0 fully saturated rings. The Balaban J connectivity index is 1.85. The van der Waals surface area contributed by atoms with Gasteiger partial charge in [-0.25, -0.2) is 9.97 Å². The van der Waals surface area contributed by atoms with Crippen LogP contribution < -0.4 is 20.1 Å². The Hall–Kier alpha value is -3.59. The molecule has 2 heterocycles. The van der Waals surface area contributed by atoms with Gasteiger partial charge >= 0.3 is 0 Å². The fraction of sp³-hybridized carbons (Fsp3) is 0.238. The highest BCUT2D eigenvalue weighted by molar-refractivity contribution is 6.30. The van der Waals surface area contributed by atoms with Crippen LogP contribution in [0.15, 0.2) is 36.7 Å². The first-order valence-electron chi connectivity index (χ1n) is 9.46. The number of hydrogen-bond donors (Lipinski definition) is 2. The SMILES string of the molecule is COc1cc2ncnc3c2cc1OCC(=O)N(C)CC(=O)NCc1ccc(Cl)cc1N3. The molecule has 0 radical (unpaired) electrons. The number of carbonyl (C=O) groups excluding carboxylic acids is 2. The third-order valence-corrected chi connectivity index (χ3v) is 5.11. The van der Waals surface area contributed by atoms with Crippen molar-refractivity contribution in [2.75, 3.05) is 32.6 Å². The number of aromatic nitrogens is 2. The molecule has 0 spiro atoms. The Labute approximate surface area is 183 Å². The quantitative estimate of drug-likeness (QED) is 0.597. The molecule has 0 atom stereocenters. The lowest BCUT2D eigenvalue weighted by atomic mass is 10.1. The van der Waals surface area contributed by atoms with Crippen molar-refractivity contribution in [3.8, 4) is 11.5 Å². The number of ether oxygens (including phenoxy) is 2. The Kier molecular flexibility index (Phi) is 5.77. The minimum Gasteiger partial charge on any atom is -0.493 e. The van der Waals surface area contributed by atoms with Crippen LogP contribution in [0.4, 0.5) is 11.5 Å². The van der Waals surface area contributed by atoms with Gasteiger partial charge in [0, 0.05) is 35.8 Å². The monoisotopic (exact) mass is 441 g/mol. The molecule has 2 bridgehead atoms. The second-order valence-electron chi connectivity index (χ2n) is 6.98. The number of nitrogens with zero attached hydrogens (tertiary/aromatic N) is 3. The van der Waals surface area contributed by atoms with Crippen LogP contribution in [-0.2, 0) is 16.1 Å². The van der Waals surface area contributed by atoms with E-state index in [1.165, 1.54) is 18.3 Å². The van der Waals surface area contributed by atoms with Gasteiger partial charge in [-0.2, -0.15) is 0 Å². The van der Waals surface area contributed by atoms with Gasteiger partial charge in [0.25, 0.3) is 5.91 Å². The summed E-state index contributed by atoms with van der Waals surface area (Å²) in [6.45, 7) is -0.0999. The summed E-state index contributed by atoms with van der Waals surface area (Å²) >= 11 is 6.20. The number of nitrogens with one attached hydrogen (secondary N) is 2. The minimum atomic E-state index is -0.345. The van der Waals surface area contributed by atoms with Crippen molar-refractivity contribution in [3.05, 3.63) is 47.2 Å². The van der Waals surface area contributed by atoms with E-state index in [1.54, 1.807) is 31.3 Å². The van der Waals surface area contributed by atoms with Gasteiger partial charge in [0.15, 0.2) is 18.1 Å². The van der Waals surface area contributed by atoms with Crippen LogP contribution in [-0.4, -0.2) is 54.0 Å². The molecule has 3 aromatic rings. The third kappa shape index (κ3) is 4.46. The zero-order valence-electron chi connectivity index (χ0n) is 16.9. The zero-order valence-corrected chi connectivity index (χ0v) is 17.7. The molecule has 1 aliphatic heterocycles. The number of carbonyl (C=O) groups is 2. The molecule has 160 valence electrons. The second-order valence-corrected chi connectivity index (χ2v) is 7.42. The Bertz CT molecular complexity index is 1170. The molecule has 0 aliphatic carbocycles. The van der Waals surface area contributed by atoms with Crippen molar-refractivity contribution >= 4 is 45.8 Å². The minimum absolute atomic E-state index is 0.0968. The lowest BCUT2D eigenvalue weighted by molar-refractivity contribution is -0.136. The first-order valence-corrected chi connectivity index (χ1v) is 9.84. The van der Waals surface area contributed by atoms with Gasteiger partial charge in [-0.3, -0.25) is 9.59 Å². The number of methoxy groups -OCH3 is 1. The van der Waals surface area contributed by atoms with E-state index in [2.05, 4.69) is 20.6 Å². The maximum absolute atomic E-state index is 12.4. The molecular weight excluding hydrogens is 422 g/mol. The third-order valence-electron chi connectivity index (χ3n) is 4.88. The largest absolute Gasteiger partial charge is 0.493 e. The number of halogens is 1. The Morgan fingerprint density at radius 1 is 1.19 bits per heavy atom. The van der Waals surface area contributed by atoms with Crippen molar-refractivity contribution in [2.24, 2.45) is 0 Å². The number of likely N-dealkylation sites (N-methyl/N-ethyl adjacent to an activating group) is 1. The Morgan fingerprint density at radius 3 is 2.84 bits per heavy atom. The van der Waals surface area contributed by atoms with Crippen LogP contribution in [0.1, 0.15) is 5.56 Å². The number of amides is 2.